The van der Waals surface area contributed by atoms with E-state index in [-0.39, 0.29) is 17.3 Å². The van der Waals surface area contributed by atoms with Gasteiger partial charge < -0.3 is 14.8 Å². The third kappa shape index (κ3) is 4.74. The molecule has 2 atom stereocenters. The van der Waals surface area contributed by atoms with Gasteiger partial charge in [0, 0.05) is 19.7 Å². The predicted octanol–water partition coefficient (Wildman–Crippen LogP) is 2.92. The molecule has 0 unspecified atom stereocenters. The van der Waals surface area contributed by atoms with Crippen molar-refractivity contribution in [3.05, 3.63) is 36.9 Å². The molecule has 150 valence electrons. The van der Waals surface area contributed by atoms with Crippen molar-refractivity contribution in [1.29, 1.82) is 0 Å². The van der Waals surface area contributed by atoms with Crippen LogP contribution in [0.1, 0.15) is 19.8 Å². The van der Waals surface area contributed by atoms with Crippen molar-refractivity contribution in [1.82, 2.24) is 20.1 Å². The number of thioether (sulfide) groups is 1. The number of aromatic nitrogens is 3. The SMILES string of the molecule is C=CCn1c(S[C@H](C)C(=O)NC[C@H]2CCCO2)nnc1-c1ccccc1OC. The molecule has 0 bridgehead atoms. The van der Waals surface area contributed by atoms with Gasteiger partial charge in [-0.05, 0) is 31.9 Å². The molecule has 1 aromatic carbocycles. The zero-order valence-corrected chi connectivity index (χ0v) is 17.1. The Balaban J connectivity index is 1.73. The van der Waals surface area contributed by atoms with Gasteiger partial charge in [-0.3, -0.25) is 9.36 Å². The minimum Gasteiger partial charge on any atom is -0.496 e. The van der Waals surface area contributed by atoms with Crippen molar-refractivity contribution in [3.63, 3.8) is 0 Å². The molecule has 3 rings (SSSR count). The summed E-state index contributed by atoms with van der Waals surface area (Å²) in [5.41, 5.74) is 0.849. The largest absolute Gasteiger partial charge is 0.496 e. The van der Waals surface area contributed by atoms with E-state index in [0.29, 0.717) is 24.1 Å². The summed E-state index contributed by atoms with van der Waals surface area (Å²) in [6, 6.07) is 7.66. The summed E-state index contributed by atoms with van der Waals surface area (Å²) in [7, 11) is 1.63. The smallest absolute Gasteiger partial charge is 0.233 e. The molecule has 2 aromatic rings. The number of amides is 1. The fourth-order valence-corrected chi connectivity index (χ4v) is 3.96. The van der Waals surface area contributed by atoms with Crippen molar-refractivity contribution in [2.75, 3.05) is 20.3 Å². The van der Waals surface area contributed by atoms with Crippen LogP contribution in [0.5, 0.6) is 5.75 Å². The fraction of sp³-hybridized carbons (Fsp3) is 0.450. The molecule has 1 fully saturated rings. The number of ether oxygens (including phenoxy) is 2. The zero-order valence-electron chi connectivity index (χ0n) is 16.3. The summed E-state index contributed by atoms with van der Waals surface area (Å²) >= 11 is 1.38. The minimum absolute atomic E-state index is 0.0347. The number of nitrogens with one attached hydrogen (secondary N) is 1. The Bertz CT molecular complexity index is 818. The van der Waals surface area contributed by atoms with E-state index in [4.69, 9.17) is 9.47 Å². The Labute approximate surface area is 169 Å². The highest BCUT2D eigenvalue weighted by molar-refractivity contribution is 8.00. The molecular formula is C20H26N4O3S. The number of carbonyl (C=O) groups is 1. The van der Waals surface area contributed by atoms with Crippen LogP contribution < -0.4 is 10.1 Å². The number of hydrogen-bond acceptors (Lipinski definition) is 6. The second kappa shape index (κ2) is 9.75. The lowest BCUT2D eigenvalue weighted by Crippen LogP contribution is -2.36. The number of allylic oxidation sites excluding steroid dienone is 1. The van der Waals surface area contributed by atoms with Crippen LogP contribution in [0, 0.1) is 0 Å². The van der Waals surface area contributed by atoms with E-state index in [9.17, 15) is 4.79 Å². The molecule has 0 spiro atoms. The first kappa shape index (κ1) is 20.4. The first-order valence-corrected chi connectivity index (χ1v) is 10.3. The quantitative estimate of drug-likeness (QED) is 0.513. The third-order valence-electron chi connectivity index (χ3n) is 4.56. The van der Waals surface area contributed by atoms with Gasteiger partial charge in [-0.2, -0.15) is 0 Å². The monoisotopic (exact) mass is 402 g/mol. The first-order valence-electron chi connectivity index (χ1n) is 9.37. The molecule has 0 saturated carbocycles. The normalized spacial score (nSPS) is 17.3. The maximum absolute atomic E-state index is 12.5. The molecule has 0 radical (unpaired) electrons. The van der Waals surface area contributed by atoms with Gasteiger partial charge >= 0.3 is 0 Å². The molecule has 1 aliphatic heterocycles. The van der Waals surface area contributed by atoms with Gasteiger partial charge in [0.25, 0.3) is 0 Å². The van der Waals surface area contributed by atoms with Gasteiger partial charge in [0.05, 0.1) is 24.0 Å². The molecule has 2 heterocycles. The Morgan fingerprint density at radius 2 is 2.32 bits per heavy atom. The minimum atomic E-state index is -0.306. The van der Waals surface area contributed by atoms with Gasteiger partial charge in [-0.15, -0.1) is 16.8 Å². The summed E-state index contributed by atoms with van der Waals surface area (Å²) in [6.45, 7) is 7.56. The van der Waals surface area contributed by atoms with Crippen LogP contribution in [-0.4, -0.2) is 52.3 Å². The second-order valence-corrected chi connectivity index (χ2v) is 7.85. The number of nitrogens with zero attached hydrogens (tertiary/aromatic N) is 3. The molecular weight excluding hydrogens is 376 g/mol. The van der Waals surface area contributed by atoms with Crippen LogP contribution in [-0.2, 0) is 16.1 Å². The average molecular weight is 403 g/mol. The van der Waals surface area contributed by atoms with E-state index >= 15 is 0 Å². The highest BCUT2D eigenvalue weighted by atomic mass is 32.2. The van der Waals surface area contributed by atoms with Crippen molar-refractivity contribution < 1.29 is 14.3 Å². The van der Waals surface area contributed by atoms with Crippen LogP contribution in [0.25, 0.3) is 11.4 Å². The van der Waals surface area contributed by atoms with E-state index in [1.54, 1.807) is 13.2 Å². The van der Waals surface area contributed by atoms with E-state index in [2.05, 4.69) is 22.1 Å². The highest BCUT2D eigenvalue weighted by Gasteiger charge is 2.23. The molecule has 1 N–H and O–H groups in total. The first-order chi connectivity index (χ1) is 13.6. The Hall–Kier alpha value is -2.32. The van der Waals surface area contributed by atoms with Gasteiger partial charge in [-0.25, -0.2) is 0 Å². The van der Waals surface area contributed by atoms with E-state index in [1.165, 1.54) is 11.8 Å². The molecule has 1 aromatic heterocycles. The standard InChI is InChI=1S/C20H26N4O3S/c1-4-11-24-18(16-9-5-6-10-17(16)26-3)22-23-20(24)28-14(2)19(25)21-13-15-8-7-12-27-15/h4-6,9-10,14-15H,1,7-8,11-13H2,2-3H3,(H,21,25)/t14-,15-/m1/s1. The van der Waals surface area contributed by atoms with Crippen LogP contribution in [0.3, 0.4) is 0 Å². The lowest BCUT2D eigenvalue weighted by atomic mass is 10.2. The summed E-state index contributed by atoms with van der Waals surface area (Å²) in [5, 5.41) is 12.0. The number of hydrogen-bond donors (Lipinski definition) is 1. The summed E-state index contributed by atoms with van der Waals surface area (Å²) in [4.78, 5) is 12.5. The maximum Gasteiger partial charge on any atom is 0.233 e. The molecule has 28 heavy (non-hydrogen) atoms. The number of carbonyl (C=O) groups excluding carboxylic acids is 1. The van der Waals surface area contributed by atoms with Gasteiger partial charge in [0.1, 0.15) is 5.75 Å². The summed E-state index contributed by atoms with van der Waals surface area (Å²) in [6.07, 6.45) is 3.97. The lowest BCUT2D eigenvalue weighted by molar-refractivity contribution is -0.120. The van der Waals surface area contributed by atoms with Crippen molar-refractivity contribution in [3.8, 4) is 17.1 Å². The molecule has 1 saturated heterocycles. The van der Waals surface area contributed by atoms with E-state index in [0.717, 1.165) is 30.8 Å². The molecule has 0 aliphatic carbocycles. The Kier molecular flexibility index (Phi) is 7.11. The van der Waals surface area contributed by atoms with E-state index < -0.39 is 0 Å². The summed E-state index contributed by atoms with van der Waals surface area (Å²) in [5.74, 6) is 1.37. The number of benzene rings is 1. The Morgan fingerprint density at radius 1 is 1.50 bits per heavy atom. The van der Waals surface area contributed by atoms with Crippen LogP contribution in [0.4, 0.5) is 0 Å². The predicted molar refractivity (Wildman–Crippen MR) is 110 cm³/mol. The van der Waals surface area contributed by atoms with Gasteiger partial charge in [0.15, 0.2) is 11.0 Å². The van der Waals surface area contributed by atoms with Crippen molar-refractivity contribution in [2.45, 2.75) is 42.8 Å². The summed E-state index contributed by atoms with van der Waals surface area (Å²) < 4.78 is 13.0. The van der Waals surface area contributed by atoms with Gasteiger partial charge in [-0.1, -0.05) is 30.0 Å². The maximum atomic E-state index is 12.5. The molecule has 1 aliphatic rings. The number of methoxy groups -OCH3 is 1. The third-order valence-corrected chi connectivity index (χ3v) is 5.64. The fourth-order valence-electron chi connectivity index (χ4n) is 3.07. The van der Waals surface area contributed by atoms with Crippen molar-refractivity contribution in [2.24, 2.45) is 0 Å². The Morgan fingerprint density at radius 3 is 3.04 bits per heavy atom. The topological polar surface area (TPSA) is 78.3 Å². The van der Waals surface area contributed by atoms with Crippen molar-refractivity contribution >= 4 is 17.7 Å². The lowest BCUT2D eigenvalue weighted by Gasteiger charge is -2.15. The van der Waals surface area contributed by atoms with E-state index in [1.807, 2.05) is 35.8 Å². The molecule has 8 heteroatoms. The zero-order chi connectivity index (χ0) is 19.9. The number of rotatable bonds is 9. The van der Waals surface area contributed by atoms with Crippen LogP contribution >= 0.6 is 11.8 Å². The molecule has 1 amide bonds. The van der Waals surface area contributed by atoms with Gasteiger partial charge in [0.2, 0.25) is 5.91 Å². The number of para-hydroxylation sites is 1. The average Bonchev–Trinajstić information content (AvgIpc) is 3.37. The molecule has 7 nitrogen and oxygen atoms in total. The second-order valence-electron chi connectivity index (χ2n) is 6.55. The van der Waals surface area contributed by atoms with Crippen LogP contribution in [0.2, 0.25) is 0 Å². The van der Waals surface area contributed by atoms with Crippen LogP contribution in [0.15, 0.2) is 42.1 Å². The highest BCUT2D eigenvalue weighted by Crippen LogP contribution is 2.32.